The Morgan fingerprint density at radius 2 is 2.22 bits per heavy atom. The van der Waals surface area contributed by atoms with Gasteiger partial charge in [-0.2, -0.15) is 0 Å². The first-order chi connectivity index (χ1) is 8.74. The first kappa shape index (κ1) is 11.7. The van der Waals surface area contributed by atoms with Crippen molar-refractivity contribution in [3.05, 3.63) is 40.9 Å². The molecule has 1 N–H and O–H groups in total. The lowest BCUT2D eigenvalue weighted by Crippen LogP contribution is -2.12. The van der Waals surface area contributed by atoms with Crippen LogP contribution >= 0.6 is 11.3 Å². The van der Waals surface area contributed by atoms with E-state index in [2.05, 4.69) is 10.3 Å². The lowest BCUT2D eigenvalue weighted by atomic mass is 10.2. The summed E-state index contributed by atoms with van der Waals surface area (Å²) in [5.41, 5.74) is 1.17. The first-order valence-corrected chi connectivity index (χ1v) is 6.76. The average Bonchev–Trinajstić information content (AvgIpc) is 3.00. The summed E-state index contributed by atoms with van der Waals surface area (Å²) in [4.78, 5) is 4.41. The first-order valence-electron chi connectivity index (χ1n) is 5.88. The molecule has 5 heteroatoms. The van der Waals surface area contributed by atoms with Crippen molar-refractivity contribution in [1.29, 1.82) is 0 Å². The van der Waals surface area contributed by atoms with Crippen LogP contribution in [0.25, 0.3) is 10.6 Å². The van der Waals surface area contributed by atoms with Gasteiger partial charge in [0, 0.05) is 10.9 Å². The molecule has 0 amide bonds. The number of rotatable bonds is 2. The molecule has 0 spiro atoms. The number of nitrogens with one attached hydrogen (secondary N) is 1. The van der Waals surface area contributed by atoms with Crippen molar-refractivity contribution in [2.45, 2.75) is 18.9 Å². The Morgan fingerprint density at radius 1 is 1.33 bits per heavy atom. The van der Waals surface area contributed by atoms with E-state index in [1.54, 1.807) is 0 Å². The molecule has 18 heavy (non-hydrogen) atoms. The summed E-state index contributed by atoms with van der Waals surface area (Å²) in [7, 11) is 0. The standard InChI is InChI=1S/C13H12F2N2S/c14-8-3-4-10(15)9(6-8)13-17-12(7-18-13)11-2-1-5-16-11/h3-4,6-7,11,16H,1-2,5H2/t11-/m0/s1. The molecule has 3 rings (SSSR count). The fourth-order valence-corrected chi connectivity index (χ4v) is 3.06. The normalized spacial score (nSPS) is 19.3. The van der Waals surface area contributed by atoms with Gasteiger partial charge in [-0.1, -0.05) is 0 Å². The quantitative estimate of drug-likeness (QED) is 0.899. The molecule has 1 aromatic heterocycles. The Bertz CT molecular complexity index is 562. The molecule has 0 aliphatic carbocycles. The smallest absolute Gasteiger partial charge is 0.133 e. The van der Waals surface area contributed by atoms with E-state index in [9.17, 15) is 8.78 Å². The molecule has 1 aliphatic rings. The highest BCUT2D eigenvalue weighted by atomic mass is 32.1. The number of benzene rings is 1. The van der Waals surface area contributed by atoms with Crippen molar-refractivity contribution >= 4 is 11.3 Å². The molecule has 0 radical (unpaired) electrons. The lowest BCUT2D eigenvalue weighted by molar-refractivity contribution is 0.602. The van der Waals surface area contributed by atoms with Crippen molar-refractivity contribution in [3.8, 4) is 10.6 Å². The van der Waals surface area contributed by atoms with Crippen LogP contribution in [0.5, 0.6) is 0 Å². The second-order valence-corrected chi connectivity index (χ2v) is 5.21. The van der Waals surface area contributed by atoms with E-state index in [4.69, 9.17) is 0 Å². The minimum Gasteiger partial charge on any atom is -0.309 e. The van der Waals surface area contributed by atoms with Gasteiger partial charge in [-0.3, -0.25) is 0 Å². The van der Waals surface area contributed by atoms with Crippen LogP contribution in [0.1, 0.15) is 24.6 Å². The second kappa shape index (κ2) is 4.74. The summed E-state index contributed by atoms with van der Waals surface area (Å²) in [6, 6.07) is 3.71. The third-order valence-electron chi connectivity index (χ3n) is 3.10. The minimum atomic E-state index is -0.442. The number of thiazole rings is 1. The summed E-state index contributed by atoms with van der Waals surface area (Å²) < 4.78 is 26.8. The highest BCUT2D eigenvalue weighted by Gasteiger charge is 2.20. The topological polar surface area (TPSA) is 24.9 Å². The van der Waals surface area contributed by atoms with Crippen molar-refractivity contribution in [2.75, 3.05) is 6.54 Å². The highest BCUT2D eigenvalue weighted by Crippen LogP contribution is 2.31. The summed E-state index contributed by atoms with van der Waals surface area (Å²) in [5.74, 6) is -0.876. The van der Waals surface area contributed by atoms with Crippen LogP contribution in [-0.2, 0) is 0 Å². The fraction of sp³-hybridized carbons (Fsp3) is 0.308. The fourth-order valence-electron chi connectivity index (χ4n) is 2.17. The largest absolute Gasteiger partial charge is 0.309 e. The van der Waals surface area contributed by atoms with E-state index in [1.165, 1.54) is 17.4 Å². The van der Waals surface area contributed by atoms with E-state index in [-0.39, 0.29) is 11.6 Å². The molecule has 1 aromatic carbocycles. The number of hydrogen-bond donors (Lipinski definition) is 1. The van der Waals surface area contributed by atoms with Gasteiger partial charge in [-0.25, -0.2) is 13.8 Å². The third kappa shape index (κ3) is 2.15. The van der Waals surface area contributed by atoms with Crippen LogP contribution in [0.3, 0.4) is 0 Å². The predicted molar refractivity (Wildman–Crippen MR) is 67.4 cm³/mol. The molecule has 2 heterocycles. The van der Waals surface area contributed by atoms with Gasteiger partial charge >= 0.3 is 0 Å². The monoisotopic (exact) mass is 266 g/mol. The maximum Gasteiger partial charge on any atom is 0.133 e. The molecule has 0 bridgehead atoms. The Hall–Kier alpha value is -1.33. The molecule has 1 aliphatic heterocycles. The van der Waals surface area contributed by atoms with Gasteiger partial charge in [0.15, 0.2) is 0 Å². The van der Waals surface area contributed by atoms with E-state index in [0.717, 1.165) is 37.2 Å². The SMILES string of the molecule is Fc1ccc(F)c(-c2nc([C@@H]3CCCN3)cs2)c1. The van der Waals surface area contributed by atoms with Crippen LogP contribution in [-0.4, -0.2) is 11.5 Å². The van der Waals surface area contributed by atoms with Crippen molar-refractivity contribution < 1.29 is 8.78 Å². The highest BCUT2D eigenvalue weighted by molar-refractivity contribution is 7.13. The Kier molecular flexibility index (Phi) is 3.09. The number of nitrogens with zero attached hydrogens (tertiary/aromatic N) is 1. The van der Waals surface area contributed by atoms with Gasteiger partial charge in [0.05, 0.1) is 11.7 Å². The maximum atomic E-state index is 13.6. The zero-order valence-corrected chi connectivity index (χ0v) is 10.4. The minimum absolute atomic E-state index is 0.240. The summed E-state index contributed by atoms with van der Waals surface area (Å²) >= 11 is 1.35. The van der Waals surface area contributed by atoms with E-state index < -0.39 is 11.6 Å². The molecule has 1 atom stereocenters. The van der Waals surface area contributed by atoms with Crippen LogP contribution in [0.2, 0.25) is 0 Å². The van der Waals surface area contributed by atoms with E-state index >= 15 is 0 Å². The number of aromatic nitrogens is 1. The van der Waals surface area contributed by atoms with Crippen molar-refractivity contribution in [2.24, 2.45) is 0 Å². The Balaban J connectivity index is 1.94. The predicted octanol–water partition coefficient (Wildman–Crippen LogP) is 3.51. The zero-order chi connectivity index (χ0) is 12.5. The third-order valence-corrected chi connectivity index (χ3v) is 3.99. The summed E-state index contributed by atoms with van der Waals surface area (Å²) in [5, 5.41) is 5.80. The molecule has 94 valence electrons. The molecular formula is C13H12F2N2S. The molecule has 2 aromatic rings. The maximum absolute atomic E-state index is 13.6. The lowest BCUT2D eigenvalue weighted by Gasteiger charge is -2.05. The van der Waals surface area contributed by atoms with Gasteiger partial charge in [-0.15, -0.1) is 11.3 Å². The second-order valence-electron chi connectivity index (χ2n) is 4.35. The molecule has 1 saturated heterocycles. The summed E-state index contributed by atoms with van der Waals surface area (Å²) in [6.07, 6.45) is 2.18. The zero-order valence-electron chi connectivity index (χ0n) is 9.62. The molecule has 1 fully saturated rings. The van der Waals surface area contributed by atoms with Gasteiger partial charge < -0.3 is 5.32 Å². The summed E-state index contributed by atoms with van der Waals surface area (Å²) in [6.45, 7) is 0.992. The number of halogens is 2. The van der Waals surface area contributed by atoms with Crippen LogP contribution in [0, 0.1) is 11.6 Å². The Labute approximate surface area is 108 Å². The van der Waals surface area contributed by atoms with Gasteiger partial charge in [0.25, 0.3) is 0 Å². The van der Waals surface area contributed by atoms with E-state index in [0.29, 0.717) is 5.01 Å². The molecule has 0 unspecified atom stereocenters. The van der Waals surface area contributed by atoms with Crippen LogP contribution in [0.15, 0.2) is 23.6 Å². The van der Waals surface area contributed by atoms with Crippen LogP contribution in [0.4, 0.5) is 8.78 Å². The van der Waals surface area contributed by atoms with Crippen molar-refractivity contribution in [1.82, 2.24) is 10.3 Å². The van der Waals surface area contributed by atoms with Crippen molar-refractivity contribution in [3.63, 3.8) is 0 Å². The average molecular weight is 266 g/mol. The van der Waals surface area contributed by atoms with E-state index in [1.807, 2.05) is 5.38 Å². The molecule has 2 nitrogen and oxygen atoms in total. The molecular weight excluding hydrogens is 254 g/mol. The number of hydrogen-bond acceptors (Lipinski definition) is 3. The van der Waals surface area contributed by atoms with Gasteiger partial charge in [0.1, 0.15) is 16.6 Å². The van der Waals surface area contributed by atoms with Crippen LogP contribution < -0.4 is 5.32 Å². The molecule has 0 saturated carbocycles. The van der Waals surface area contributed by atoms with Gasteiger partial charge in [0.2, 0.25) is 0 Å². The van der Waals surface area contributed by atoms with Gasteiger partial charge in [-0.05, 0) is 37.6 Å². The Morgan fingerprint density at radius 3 is 3.00 bits per heavy atom.